The summed E-state index contributed by atoms with van der Waals surface area (Å²) in [5.41, 5.74) is 5.62. The van der Waals surface area contributed by atoms with Gasteiger partial charge in [0.05, 0.1) is 5.56 Å². The maximum atomic E-state index is 10.8. The van der Waals surface area contributed by atoms with E-state index in [9.17, 15) is 4.79 Å². The van der Waals surface area contributed by atoms with E-state index in [0.717, 1.165) is 0 Å². The van der Waals surface area contributed by atoms with Crippen LogP contribution in [-0.4, -0.2) is 22.8 Å². The standard InChI is InChI=1S/C10H7N3O4/c11-8(14)10-12-9(13-17-10)5-2-1-3-6-7(5)16-4-15-6/h1-3H,4H2,(H2,11,14). The predicted octanol–water partition coefficient (Wildman–Crippen LogP) is 0.564. The van der Waals surface area contributed by atoms with Crippen LogP contribution in [0.5, 0.6) is 11.5 Å². The number of nitrogens with two attached hydrogens (primary N) is 1. The molecule has 1 aromatic heterocycles. The third-order valence-electron chi connectivity index (χ3n) is 2.27. The van der Waals surface area contributed by atoms with Crippen LogP contribution in [0.3, 0.4) is 0 Å². The molecule has 1 amide bonds. The van der Waals surface area contributed by atoms with Crippen LogP contribution in [-0.2, 0) is 0 Å². The number of hydrogen-bond donors (Lipinski definition) is 1. The number of nitrogens with zero attached hydrogens (tertiary/aromatic N) is 2. The van der Waals surface area contributed by atoms with Crippen molar-refractivity contribution in [2.45, 2.75) is 0 Å². The zero-order valence-electron chi connectivity index (χ0n) is 8.54. The summed E-state index contributed by atoms with van der Waals surface area (Å²) in [6.45, 7) is 0.146. The largest absolute Gasteiger partial charge is 0.454 e. The lowest BCUT2D eigenvalue weighted by atomic mass is 10.2. The summed E-state index contributed by atoms with van der Waals surface area (Å²) in [6, 6.07) is 5.27. The Hall–Kier alpha value is -2.57. The topological polar surface area (TPSA) is 100 Å². The van der Waals surface area contributed by atoms with Crippen molar-refractivity contribution in [1.82, 2.24) is 10.1 Å². The highest BCUT2D eigenvalue weighted by molar-refractivity contribution is 5.88. The van der Waals surface area contributed by atoms with Crippen LogP contribution in [0.2, 0.25) is 0 Å². The van der Waals surface area contributed by atoms with Crippen molar-refractivity contribution in [3.8, 4) is 22.9 Å². The monoisotopic (exact) mass is 233 g/mol. The normalized spacial score (nSPS) is 12.7. The molecule has 3 rings (SSSR count). The quantitative estimate of drug-likeness (QED) is 0.813. The van der Waals surface area contributed by atoms with Crippen LogP contribution in [0.4, 0.5) is 0 Å². The van der Waals surface area contributed by atoms with E-state index in [2.05, 4.69) is 10.1 Å². The van der Waals surface area contributed by atoms with Crippen molar-refractivity contribution in [1.29, 1.82) is 0 Å². The van der Waals surface area contributed by atoms with Gasteiger partial charge in [-0.05, 0) is 12.1 Å². The van der Waals surface area contributed by atoms with Gasteiger partial charge in [0.1, 0.15) is 0 Å². The number of hydrogen-bond acceptors (Lipinski definition) is 6. The van der Waals surface area contributed by atoms with Crippen LogP contribution < -0.4 is 15.2 Å². The number of rotatable bonds is 2. The minimum atomic E-state index is -0.770. The minimum Gasteiger partial charge on any atom is -0.454 e. The Bertz CT molecular complexity index is 593. The van der Waals surface area contributed by atoms with E-state index in [0.29, 0.717) is 17.1 Å². The van der Waals surface area contributed by atoms with Crippen molar-refractivity contribution in [3.63, 3.8) is 0 Å². The first-order valence-electron chi connectivity index (χ1n) is 4.78. The van der Waals surface area contributed by atoms with Gasteiger partial charge in [0.25, 0.3) is 0 Å². The summed E-state index contributed by atoms with van der Waals surface area (Å²) in [5.74, 6) is 0.364. The lowest BCUT2D eigenvalue weighted by molar-refractivity contribution is 0.0958. The molecule has 0 bridgehead atoms. The molecule has 17 heavy (non-hydrogen) atoms. The highest BCUT2D eigenvalue weighted by Crippen LogP contribution is 2.39. The van der Waals surface area contributed by atoms with E-state index in [-0.39, 0.29) is 18.5 Å². The van der Waals surface area contributed by atoms with Gasteiger partial charge in [0, 0.05) is 0 Å². The second-order valence-electron chi connectivity index (χ2n) is 3.33. The number of primary amides is 1. The van der Waals surface area contributed by atoms with Gasteiger partial charge in [-0.2, -0.15) is 4.98 Å². The number of fused-ring (bicyclic) bond motifs is 1. The van der Waals surface area contributed by atoms with Crippen molar-refractivity contribution >= 4 is 5.91 Å². The van der Waals surface area contributed by atoms with Crippen molar-refractivity contribution < 1.29 is 18.8 Å². The third kappa shape index (κ3) is 1.48. The van der Waals surface area contributed by atoms with Crippen molar-refractivity contribution in [2.75, 3.05) is 6.79 Å². The van der Waals surface area contributed by atoms with E-state index < -0.39 is 5.91 Å². The number of carbonyl (C=O) groups excluding carboxylic acids is 1. The molecule has 0 radical (unpaired) electrons. The maximum absolute atomic E-state index is 10.8. The molecule has 1 aromatic carbocycles. The molecule has 2 aromatic rings. The zero-order valence-corrected chi connectivity index (χ0v) is 8.54. The molecule has 0 unspecified atom stereocenters. The zero-order chi connectivity index (χ0) is 11.8. The third-order valence-corrected chi connectivity index (χ3v) is 2.27. The molecule has 1 aliphatic rings. The fraction of sp³-hybridized carbons (Fsp3) is 0.100. The van der Waals surface area contributed by atoms with E-state index >= 15 is 0 Å². The lowest BCUT2D eigenvalue weighted by Gasteiger charge is -1.99. The second-order valence-corrected chi connectivity index (χ2v) is 3.33. The molecule has 0 saturated carbocycles. The van der Waals surface area contributed by atoms with Crippen molar-refractivity contribution in [3.05, 3.63) is 24.1 Å². The lowest BCUT2D eigenvalue weighted by Crippen LogP contribution is -2.11. The van der Waals surface area contributed by atoms with E-state index in [1.54, 1.807) is 18.2 Å². The molecule has 7 nitrogen and oxygen atoms in total. The second kappa shape index (κ2) is 3.48. The maximum Gasteiger partial charge on any atom is 0.316 e. The number of aromatic nitrogens is 2. The molecule has 2 heterocycles. The Labute approximate surface area is 95.1 Å². The van der Waals surface area contributed by atoms with Crippen LogP contribution in [0, 0.1) is 0 Å². The van der Waals surface area contributed by atoms with Gasteiger partial charge in [-0.25, -0.2) is 0 Å². The highest BCUT2D eigenvalue weighted by Gasteiger charge is 2.22. The van der Waals surface area contributed by atoms with Crippen LogP contribution >= 0.6 is 0 Å². The molecule has 7 heteroatoms. The molecule has 2 N–H and O–H groups in total. The Morgan fingerprint density at radius 2 is 2.24 bits per heavy atom. The molecule has 0 atom stereocenters. The summed E-state index contributed by atoms with van der Waals surface area (Å²) in [6.07, 6.45) is 0. The van der Waals surface area contributed by atoms with Crippen LogP contribution in [0.1, 0.15) is 10.7 Å². The summed E-state index contributed by atoms with van der Waals surface area (Å²) in [7, 11) is 0. The molecule has 86 valence electrons. The van der Waals surface area contributed by atoms with E-state index in [4.69, 9.17) is 19.7 Å². The number of benzene rings is 1. The Morgan fingerprint density at radius 3 is 3.00 bits per heavy atom. The van der Waals surface area contributed by atoms with Gasteiger partial charge >= 0.3 is 11.8 Å². The first kappa shape index (κ1) is 9.64. The smallest absolute Gasteiger partial charge is 0.316 e. The van der Waals surface area contributed by atoms with Crippen LogP contribution in [0.25, 0.3) is 11.4 Å². The Morgan fingerprint density at radius 1 is 1.35 bits per heavy atom. The molecular weight excluding hydrogens is 226 g/mol. The average Bonchev–Trinajstić information content (AvgIpc) is 2.97. The molecule has 0 saturated heterocycles. The summed E-state index contributed by atoms with van der Waals surface area (Å²) >= 11 is 0. The molecule has 0 aliphatic carbocycles. The number of ether oxygens (including phenoxy) is 2. The van der Waals surface area contributed by atoms with Crippen LogP contribution in [0.15, 0.2) is 22.7 Å². The summed E-state index contributed by atoms with van der Waals surface area (Å²) < 4.78 is 15.2. The summed E-state index contributed by atoms with van der Waals surface area (Å²) in [5, 5.41) is 3.66. The minimum absolute atomic E-state index is 0.146. The Kier molecular flexibility index (Phi) is 1.97. The SMILES string of the molecule is NC(=O)c1nc(-c2cccc3c2OCO3)no1. The highest BCUT2D eigenvalue weighted by atomic mass is 16.7. The number of carbonyl (C=O) groups is 1. The van der Waals surface area contributed by atoms with Gasteiger partial charge < -0.3 is 19.7 Å². The first-order valence-corrected chi connectivity index (χ1v) is 4.78. The molecular formula is C10H7N3O4. The van der Waals surface area contributed by atoms with Gasteiger partial charge in [0.2, 0.25) is 12.6 Å². The predicted molar refractivity (Wildman–Crippen MR) is 54.4 cm³/mol. The fourth-order valence-electron chi connectivity index (χ4n) is 1.54. The molecule has 1 aliphatic heterocycles. The molecule has 0 spiro atoms. The van der Waals surface area contributed by atoms with Gasteiger partial charge in [-0.1, -0.05) is 11.2 Å². The summed E-state index contributed by atoms with van der Waals surface area (Å²) in [4.78, 5) is 14.7. The average molecular weight is 233 g/mol. The van der Waals surface area contributed by atoms with E-state index in [1.807, 2.05) is 0 Å². The van der Waals surface area contributed by atoms with Gasteiger partial charge in [0.15, 0.2) is 11.5 Å². The number of amides is 1. The van der Waals surface area contributed by atoms with Gasteiger partial charge in [-0.15, -0.1) is 0 Å². The van der Waals surface area contributed by atoms with Gasteiger partial charge in [-0.3, -0.25) is 4.79 Å². The number of para-hydroxylation sites is 1. The fourth-order valence-corrected chi connectivity index (χ4v) is 1.54. The first-order chi connectivity index (χ1) is 8.25. The Balaban J connectivity index is 2.09. The van der Waals surface area contributed by atoms with E-state index in [1.165, 1.54) is 0 Å². The molecule has 0 fully saturated rings. The van der Waals surface area contributed by atoms with Crippen molar-refractivity contribution in [2.24, 2.45) is 5.73 Å².